The molecule has 0 saturated carbocycles. The van der Waals surface area contributed by atoms with Crippen LogP contribution < -0.4 is 11.1 Å². The maximum Gasteiger partial charge on any atom is 0.244 e. The number of hydrogen-bond donors (Lipinski definition) is 2. The standard InChI is InChI=1S/C13H18ClN3O2/c1-9(13(18)17-4-6-19-7-5-17)16-12-3-2-10(14)8-11(12)15/h2-3,8-9,16H,4-7,15H2,1H3. The van der Waals surface area contributed by atoms with Crippen LogP contribution in [0.3, 0.4) is 0 Å². The van der Waals surface area contributed by atoms with Gasteiger partial charge in [-0.15, -0.1) is 0 Å². The van der Waals surface area contributed by atoms with Crippen LogP contribution >= 0.6 is 11.6 Å². The van der Waals surface area contributed by atoms with Crippen molar-refractivity contribution >= 4 is 28.9 Å². The highest BCUT2D eigenvalue weighted by Gasteiger charge is 2.22. The molecule has 2 rings (SSSR count). The summed E-state index contributed by atoms with van der Waals surface area (Å²) in [5, 5.41) is 3.70. The molecule has 5 nitrogen and oxygen atoms in total. The number of carbonyl (C=O) groups excluding carboxylic acids is 1. The molecule has 1 saturated heterocycles. The van der Waals surface area contributed by atoms with Gasteiger partial charge in [-0.1, -0.05) is 11.6 Å². The second kappa shape index (κ2) is 6.12. The first-order valence-electron chi connectivity index (χ1n) is 6.26. The van der Waals surface area contributed by atoms with Crippen LogP contribution in [-0.2, 0) is 9.53 Å². The van der Waals surface area contributed by atoms with E-state index in [1.807, 2.05) is 6.92 Å². The summed E-state index contributed by atoms with van der Waals surface area (Å²) in [5.74, 6) is 0.0534. The van der Waals surface area contributed by atoms with Gasteiger partial charge in [-0.2, -0.15) is 0 Å². The predicted octanol–water partition coefficient (Wildman–Crippen LogP) is 1.58. The van der Waals surface area contributed by atoms with Crippen LogP contribution in [0.5, 0.6) is 0 Å². The molecule has 1 amide bonds. The molecule has 0 spiro atoms. The summed E-state index contributed by atoms with van der Waals surface area (Å²) in [6, 6.07) is 4.85. The molecular weight excluding hydrogens is 266 g/mol. The van der Waals surface area contributed by atoms with Crippen molar-refractivity contribution in [2.75, 3.05) is 37.4 Å². The molecule has 1 aromatic rings. The van der Waals surface area contributed by atoms with Crippen LogP contribution in [0.15, 0.2) is 18.2 Å². The van der Waals surface area contributed by atoms with Gasteiger partial charge in [0, 0.05) is 18.1 Å². The van der Waals surface area contributed by atoms with Crippen molar-refractivity contribution in [2.45, 2.75) is 13.0 Å². The third-order valence-electron chi connectivity index (χ3n) is 3.08. The van der Waals surface area contributed by atoms with E-state index in [0.29, 0.717) is 37.0 Å². The molecule has 1 aromatic carbocycles. The third kappa shape index (κ3) is 3.52. The molecule has 1 aliphatic rings. The molecule has 1 aliphatic heterocycles. The average Bonchev–Trinajstić information content (AvgIpc) is 2.42. The van der Waals surface area contributed by atoms with E-state index in [1.165, 1.54) is 0 Å². The Balaban J connectivity index is 1.99. The molecule has 1 atom stereocenters. The van der Waals surface area contributed by atoms with E-state index >= 15 is 0 Å². The van der Waals surface area contributed by atoms with Gasteiger partial charge in [-0.3, -0.25) is 4.79 Å². The van der Waals surface area contributed by atoms with Crippen LogP contribution in [0.4, 0.5) is 11.4 Å². The van der Waals surface area contributed by atoms with Crippen molar-refractivity contribution in [3.05, 3.63) is 23.2 Å². The summed E-state index contributed by atoms with van der Waals surface area (Å²) in [7, 11) is 0. The number of carbonyl (C=O) groups is 1. The van der Waals surface area contributed by atoms with E-state index in [1.54, 1.807) is 23.1 Å². The number of rotatable bonds is 3. The first kappa shape index (κ1) is 14.0. The summed E-state index contributed by atoms with van der Waals surface area (Å²) < 4.78 is 5.23. The Morgan fingerprint density at radius 1 is 1.47 bits per heavy atom. The Bertz CT molecular complexity index is 461. The van der Waals surface area contributed by atoms with E-state index < -0.39 is 0 Å². The number of halogens is 1. The molecule has 1 fully saturated rings. The molecular formula is C13H18ClN3O2. The number of ether oxygens (including phenoxy) is 1. The quantitative estimate of drug-likeness (QED) is 0.827. The van der Waals surface area contributed by atoms with Gasteiger partial charge in [0.15, 0.2) is 0 Å². The predicted molar refractivity (Wildman–Crippen MR) is 76.3 cm³/mol. The number of nitrogens with two attached hydrogens (primary N) is 1. The van der Waals surface area contributed by atoms with Gasteiger partial charge >= 0.3 is 0 Å². The summed E-state index contributed by atoms with van der Waals surface area (Å²) in [6.07, 6.45) is 0. The fraction of sp³-hybridized carbons (Fsp3) is 0.462. The SMILES string of the molecule is CC(Nc1ccc(Cl)cc1N)C(=O)N1CCOCC1. The maximum atomic E-state index is 12.2. The highest BCUT2D eigenvalue weighted by Crippen LogP contribution is 2.23. The number of amides is 1. The second-order valence-corrected chi connectivity index (χ2v) is 4.97. The number of nitrogens with zero attached hydrogens (tertiary/aromatic N) is 1. The highest BCUT2D eigenvalue weighted by molar-refractivity contribution is 6.31. The van der Waals surface area contributed by atoms with E-state index in [2.05, 4.69) is 5.32 Å². The Kier molecular flexibility index (Phi) is 4.50. The van der Waals surface area contributed by atoms with Crippen molar-refractivity contribution in [2.24, 2.45) is 0 Å². The zero-order valence-corrected chi connectivity index (χ0v) is 11.6. The van der Waals surface area contributed by atoms with Crippen molar-refractivity contribution in [3.63, 3.8) is 0 Å². The smallest absolute Gasteiger partial charge is 0.244 e. The summed E-state index contributed by atoms with van der Waals surface area (Å²) in [4.78, 5) is 14.0. The average molecular weight is 284 g/mol. The van der Waals surface area contributed by atoms with E-state index in [4.69, 9.17) is 22.1 Å². The molecule has 3 N–H and O–H groups in total. The van der Waals surface area contributed by atoms with Gasteiger partial charge < -0.3 is 20.7 Å². The number of anilines is 2. The zero-order chi connectivity index (χ0) is 13.8. The highest BCUT2D eigenvalue weighted by atomic mass is 35.5. The zero-order valence-electron chi connectivity index (χ0n) is 10.9. The number of morpholine rings is 1. The van der Waals surface area contributed by atoms with Crippen LogP contribution in [0.25, 0.3) is 0 Å². The largest absolute Gasteiger partial charge is 0.397 e. The molecule has 1 unspecified atom stereocenters. The Morgan fingerprint density at radius 2 is 2.16 bits per heavy atom. The fourth-order valence-corrected chi connectivity index (χ4v) is 2.20. The van der Waals surface area contributed by atoms with Gasteiger partial charge in [0.25, 0.3) is 0 Å². The topological polar surface area (TPSA) is 67.6 Å². The minimum Gasteiger partial charge on any atom is -0.397 e. The molecule has 19 heavy (non-hydrogen) atoms. The van der Waals surface area contributed by atoms with E-state index in [0.717, 1.165) is 5.69 Å². The molecule has 0 bridgehead atoms. The molecule has 0 radical (unpaired) electrons. The van der Waals surface area contributed by atoms with Crippen molar-refractivity contribution in [3.8, 4) is 0 Å². The first-order valence-corrected chi connectivity index (χ1v) is 6.64. The van der Waals surface area contributed by atoms with E-state index in [9.17, 15) is 4.79 Å². The first-order chi connectivity index (χ1) is 9.08. The molecule has 0 aromatic heterocycles. The Labute approximate surface area is 117 Å². The van der Waals surface area contributed by atoms with Crippen LogP contribution in [-0.4, -0.2) is 43.2 Å². The lowest BCUT2D eigenvalue weighted by Gasteiger charge is -2.30. The molecule has 0 aliphatic carbocycles. The molecule has 104 valence electrons. The summed E-state index contributed by atoms with van der Waals surface area (Å²) in [5.41, 5.74) is 7.11. The number of nitrogen functional groups attached to an aromatic ring is 1. The molecule has 6 heteroatoms. The van der Waals surface area contributed by atoms with Crippen molar-refractivity contribution in [1.82, 2.24) is 4.90 Å². The normalized spacial score (nSPS) is 17.1. The Hall–Kier alpha value is -1.46. The molecule has 1 heterocycles. The van der Waals surface area contributed by atoms with Gasteiger partial charge in [-0.25, -0.2) is 0 Å². The number of benzene rings is 1. The third-order valence-corrected chi connectivity index (χ3v) is 3.31. The Morgan fingerprint density at radius 3 is 2.79 bits per heavy atom. The maximum absolute atomic E-state index is 12.2. The lowest BCUT2D eigenvalue weighted by atomic mass is 10.2. The lowest BCUT2D eigenvalue weighted by molar-refractivity contribution is -0.135. The lowest BCUT2D eigenvalue weighted by Crippen LogP contribution is -2.47. The minimum absolute atomic E-state index is 0.0534. The van der Waals surface area contributed by atoms with Gasteiger partial charge in [0.05, 0.1) is 24.6 Å². The summed E-state index contributed by atoms with van der Waals surface area (Å²) >= 11 is 5.84. The van der Waals surface area contributed by atoms with Crippen molar-refractivity contribution in [1.29, 1.82) is 0 Å². The number of hydrogen-bond acceptors (Lipinski definition) is 4. The van der Waals surface area contributed by atoms with Crippen LogP contribution in [0, 0.1) is 0 Å². The summed E-state index contributed by atoms with van der Waals surface area (Å²) in [6.45, 7) is 4.30. The number of nitrogens with one attached hydrogen (secondary N) is 1. The van der Waals surface area contributed by atoms with Gasteiger partial charge in [0.1, 0.15) is 6.04 Å². The van der Waals surface area contributed by atoms with Gasteiger partial charge in [0.2, 0.25) is 5.91 Å². The van der Waals surface area contributed by atoms with Gasteiger partial charge in [-0.05, 0) is 25.1 Å². The van der Waals surface area contributed by atoms with Crippen LogP contribution in [0.2, 0.25) is 5.02 Å². The minimum atomic E-state index is -0.332. The van der Waals surface area contributed by atoms with Crippen LogP contribution in [0.1, 0.15) is 6.92 Å². The fourth-order valence-electron chi connectivity index (χ4n) is 2.02. The second-order valence-electron chi connectivity index (χ2n) is 4.54. The monoisotopic (exact) mass is 283 g/mol. The van der Waals surface area contributed by atoms with Crippen molar-refractivity contribution < 1.29 is 9.53 Å². The van der Waals surface area contributed by atoms with E-state index in [-0.39, 0.29) is 11.9 Å².